The Morgan fingerprint density at radius 3 is 1.71 bits per heavy atom. The van der Waals surface area contributed by atoms with Crippen LogP contribution in [0.1, 0.15) is 79.1 Å². The van der Waals surface area contributed by atoms with E-state index in [2.05, 4.69) is 38.3 Å². The van der Waals surface area contributed by atoms with Crippen LogP contribution in [0.3, 0.4) is 0 Å². The van der Waals surface area contributed by atoms with Gasteiger partial charge in [0, 0.05) is 6.54 Å². The maximum Gasteiger partial charge on any atom is 0.000803 e. The fraction of sp³-hybridized carbons (Fsp3) is 1.00. The summed E-state index contributed by atoms with van der Waals surface area (Å²) < 4.78 is 0. The van der Waals surface area contributed by atoms with E-state index in [9.17, 15) is 0 Å². The molecule has 4 aliphatic rings. The molecule has 2 N–H and O–H groups in total. The van der Waals surface area contributed by atoms with Crippen molar-refractivity contribution >= 4 is 0 Å². The van der Waals surface area contributed by atoms with E-state index in [0.717, 1.165) is 17.3 Å². The smallest absolute Gasteiger partial charge is 0.000803 e. The minimum atomic E-state index is 0.481. The molecule has 2 aliphatic heterocycles. The molecule has 0 atom stereocenters. The summed E-state index contributed by atoms with van der Waals surface area (Å²) >= 11 is 0. The SMILES string of the molecule is CC(C)(C1CC2(CCNCC2)C1)C(C)(C)C1CC2(CCCNC2)C1. The zero-order valence-corrected chi connectivity index (χ0v) is 16.6. The van der Waals surface area contributed by atoms with E-state index >= 15 is 0 Å². The predicted octanol–water partition coefficient (Wildman–Crippen LogP) is 4.60. The van der Waals surface area contributed by atoms with E-state index < -0.39 is 0 Å². The minimum absolute atomic E-state index is 0.481. The summed E-state index contributed by atoms with van der Waals surface area (Å²) in [7, 11) is 0. The lowest BCUT2D eigenvalue weighted by atomic mass is 9.41. The van der Waals surface area contributed by atoms with Gasteiger partial charge in [0.05, 0.1) is 0 Å². The number of hydrogen-bond acceptors (Lipinski definition) is 2. The fourth-order valence-corrected chi connectivity index (χ4v) is 6.79. The highest BCUT2D eigenvalue weighted by atomic mass is 14.9. The predicted molar refractivity (Wildman–Crippen MR) is 102 cm³/mol. The van der Waals surface area contributed by atoms with E-state index in [4.69, 9.17) is 0 Å². The van der Waals surface area contributed by atoms with Crippen molar-refractivity contribution in [2.75, 3.05) is 26.2 Å². The standard InChI is InChI=1S/C22H40N2/c1-19(2,17-12-21(13-17)7-10-23-11-8-21)20(3,4)18-14-22(15-18)6-5-9-24-16-22/h17-18,23-24H,5-16H2,1-4H3. The molecule has 0 aromatic carbocycles. The van der Waals surface area contributed by atoms with Gasteiger partial charge >= 0.3 is 0 Å². The first kappa shape index (κ1) is 17.3. The van der Waals surface area contributed by atoms with Crippen LogP contribution in [0.4, 0.5) is 0 Å². The Morgan fingerprint density at radius 2 is 1.21 bits per heavy atom. The molecule has 0 bridgehead atoms. The summed E-state index contributed by atoms with van der Waals surface area (Å²) in [5, 5.41) is 7.22. The average molecular weight is 333 g/mol. The van der Waals surface area contributed by atoms with Crippen molar-refractivity contribution in [1.82, 2.24) is 10.6 Å². The summed E-state index contributed by atoms with van der Waals surface area (Å²) in [5.74, 6) is 1.89. The summed E-state index contributed by atoms with van der Waals surface area (Å²) in [6, 6.07) is 0. The highest BCUT2D eigenvalue weighted by Crippen LogP contribution is 2.67. The van der Waals surface area contributed by atoms with Crippen LogP contribution in [0.2, 0.25) is 0 Å². The molecule has 2 saturated heterocycles. The van der Waals surface area contributed by atoms with Crippen molar-refractivity contribution in [3.8, 4) is 0 Å². The van der Waals surface area contributed by atoms with Crippen LogP contribution in [0.25, 0.3) is 0 Å². The highest BCUT2D eigenvalue weighted by molar-refractivity contribution is 5.09. The molecule has 0 radical (unpaired) electrons. The lowest BCUT2D eigenvalue weighted by Crippen LogP contribution is -2.59. The van der Waals surface area contributed by atoms with Gasteiger partial charge in [0.15, 0.2) is 0 Å². The quantitative estimate of drug-likeness (QED) is 0.789. The molecule has 0 unspecified atom stereocenters. The molecule has 0 amide bonds. The average Bonchev–Trinajstić information content (AvgIpc) is 2.51. The minimum Gasteiger partial charge on any atom is -0.317 e. The molecule has 2 aliphatic carbocycles. The topological polar surface area (TPSA) is 24.1 Å². The largest absolute Gasteiger partial charge is 0.317 e. The normalized spacial score (nSPS) is 33.2. The van der Waals surface area contributed by atoms with Crippen LogP contribution in [0.15, 0.2) is 0 Å². The molecular weight excluding hydrogens is 292 g/mol. The second-order valence-corrected chi connectivity index (χ2v) is 11.2. The van der Waals surface area contributed by atoms with Crippen molar-refractivity contribution in [1.29, 1.82) is 0 Å². The number of nitrogens with one attached hydrogen (secondary N) is 2. The molecule has 2 heteroatoms. The third-order valence-corrected chi connectivity index (χ3v) is 9.64. The van der Waals surface area contributed by atoms with Crippen LogP contribution in [-0.4, -0.2) is 26.2 Å². The van der Waals surface area contributed by atoms with Gasteiger partial charge in [-0.3, -0.25) is 0 Å². The molecule has 4 fully saturated rings. The van der Waals surface area contributed by atoms with Crippen molar-refractivity contribution in [3.63, 3.8) is 0 Å². The Kier molecular flexibility index (Phi) is 4.12. The maximum absolute atomic E-state index is 3.67. The fourth-order valence-electron chi connectivity index (χ4n) is 6.79. The van der Waals surface area contributed by atoms with Gasteiger partial charge in [0.1, 0.15) is 0 Å². The van der Waals surface area contributed by atoms with Crippen LogP contribution in [-0.2, 0) is 0 Å². The summed E-state index contributed by atoms with van der Waals surface area (Å²) in [6.45, 7) is 15.5. The van der Waals surface area contributed by atoms with Gasteiger partial charge in [-0.25, -0.2) is 0 Å². The maximum atomic E-state index is 3.67. The second kappa shape index (κ2) is 5.71. The van der Waals surface area contributed by atoms with E-state index in [0.29, 0.717) is 16.2 Å². The Balaban J connectivity index is 1.38. The van der Waals surface area contributed by atoms with Crippen LogP contribution < -0.4 is 10.6 Å². The summed E-state index contributed by atoms with van der Waals surface area (Å²) in [6.07, 6.45) is 11.7. The molecule has 0 aromatic heterocycles. The molecule has 4 rings (SSSR count). The molecular formula is C22H40N2. The Morgan fingerprint density at radius 1 is 0.667 bits per heavy atom. The van der Waals surface area contributed by atoms with Gasteiger partial charge < -0.3 is 10.6 Å². The molecule has 2 saturated carbocycles. The number of piperidine rings is 2. The molecule has 2 nitrogen and oxygen atoms in total. The van der Waals surface area contributed by atoms with Crippen molar-refractivity contribution in [2.45, 2.75) is 79.1 Å². The third-order valence-electron chi connectivity index (χ3n) is 9.64. The van der Waals surface area contributed by atoms with Gasteiger partial charge in [-0.15, -0.1) is 0 Å². The lowest BCUT2D eigenvalue weighted by Gasteiger charge is -2.65. The van der Waals surface area contributed by atoms with E-state index in [-0.39, 0.29) is 0 Å². The van der Waals surface area contributed by atoms with Gasteiger partial charge in [0.25, 0.3) is 0 Å². The van der Waals surface area contributed by atoms with Gasteiger partial charge in [0.2, 0.25) is 0 Å². The van der Waals surface area contributed by atoms with Crippen LogP contribution in [0, 0.1) is 33.5 Å². The second-order valence-electron chi connectivity index (χ2n) is 11.2. The van der Waals surface area contributed by atoms with E-state index in [1.54, 1.807) is 0 Å². The zero-order valence-electron chi connectivity index (χ0n) is 16.6. The first-order valence-electron chi connectivity index (χ1n) is 10.7. The number of rotatable bonds is 3. The number of hydrogen-bond donors (Lipinski definition) is 2. The van der Waals surface area contributed by atoms with Gasteiger partial charge in [-0.2, -0.15) is 0 Å². The molecule has 138 valence electrons. The molecule has 2 spiro atoms. The van der Waals surface area contributed by atoms with Crippen LogP contribution in [0.5, 0.6) is 0 Å². The van der Waals surface area contributed by atoms with Crippen molar-refractivity contribution < 1.29 is 0 Å². The lowest BCUT2D eigenvalue weighted by molar-refractivity contribution is -0.148. The first-order chi connectivity index (χ1) is 11.3. The van der Waals surface area contributed by atoms with E-state index in [1.165, 1.54) is 77.5 Å². The van der Waals surface area contributed by atoms with Crippen LogP contribution >= 0.6 is 0 Å². The highest BCUT2D eigenvalue weighted by Gasteiger charge is 2.59. The molecule has 2 heterocycles. The van der Waals surface area contributed by atoms with E-state index in [1.807, 2.05) is 0 Å². The Bertz CT molecular complexity index is 406. The van der Waals surface area contributed by atoms with Gasteiger partial charge in [-0.1, -0.05) is 27.7 Å². The Hall–Kier alpha value is -0.0800. The van der Waals surface area contributed by atoms with Gasteiger partial charge in [-0.05, 0) is 104 Å². The summed E-state index contributed by atoms with van der Waals surface area (Å²) in [5.41, 5.74) is 2.36. The molecule has 24 heavy (non-hydrogen) atoms. The summed E-state index contributed by atoms with van der Waals surface area (Å²) in [4.78, 5) is 0. The Labute approximate surface area is 149 Å². The van der Waals surface area contributed by atoms with Crippen molar-refractivity contribution in [2.24, 2.45) is 33.5 Å². The van der Waals surface area contributed by atoms with Crippen molar-refractivity contribution in [3.05, 3.63) is 0 Å². The monoisotopic (exact) mass is 332 g/mol. The third kappa shape index (κ3) is 2.58. The zero-order chi connectivity index (χ0) is 17.1. The first-order valence-corrected chi connectivity index (χ1v) is 10.7. The molecule has 0 aromatic rings.